The third-order valence-corrected chi connectivity index (χ3v) is 10.1. The maximum atomic E-state index is 13.9. The molecule has 1 aliphatic carbocycles. The molecule has 3 heterocycles. The average molecular weight is 534 g/mol. The summed E-state index contributed by atoms with van der Waals surface area (Å²) >= 11 is 1.70. The Hall–Kier alpha value is -3.27. The van der Waals surface area contributed by atoms with Gasteiger partial charge in [0.25, 0.3) is 0 Å². The van der Waals surface area contributed by atoms with Crippen LogP contribution < -0.4 is 4.74 Å². The molecule has 0 saturated heterocycles. The molecule has 0 bridgehead atoms. The predicted octanol–water partition coefficient (Wildman–Crippen LogP) is 4.63. The van der Waals surface area contributed by atoms with E-state index in [4.69, 9.17) is 4.74 Å². The van der Waals surface area contributed by atoms with Crippen molar-refractivity contribution in [3.05, 3.63) is 88.2 Å². The first kappa shape index (κ1) is 24.1. The fourth-order valence-electron chi connectivity index (χ4n) is 5.14. The van der Waals surface area contributed by atoms with Gasteiger partial charge in [0.15, 0.2) is 0 Å². The minimum Gasteiger partial charge on any atom is -0.497 e. The van der Waals surface area contributed by atoms with Crippen molar-refractivity contribution >= 4 is 38.2 Å². The smallest absolute Gasteiger partial charge is 0.245 e. The summed E-state index contributed by atoms with van der Waals surface area (Å²) in [6.07, 6.45) is 3.86. The van der Waals surface area contributed by atoms with Crippen LogP contribution >= 0.6 is 11.3 Å². The van der Waals surface area contributed by atoms with Crippen molar-refractivity contribution < 1.29 is 17.9 Å². The number of hydrogen-bond acceptors (Lipinski definition) is 6. The Morgan fingerprint density at radius 3 is 2.65 bits per heavy atom. The third kappa shape index (κ3) is 4.41. The van der Waals surface area contributed by atoms with Crippen molar-refractivity contribution in [3.8, 4) is 5.75 Å². The zero-order valence-electron chi connectivity index (χ0n) is 20.4. The fraction of sp³-hybridized carbons (Fsp3) is 0.286. The second-order valence-electron chi connectivity index (χ2n) is 9.42. The minimum atomic E-state index is -3.93. The highest BCUT2D eigenvalue weighted by atomic mass is 32.2. The normalized spacial score (nSPS) is 17.7. The summed E-state index contributed by atoms with van der Waals surface area (Å²) in [5.41, 5.74) is 2.52. The molecule has 4 aromatic rings. The van der Waals surface area contributed by atoms with Crippen LogP contribution in [0.2, 0.25) is 0 Å². The number of fused-ring (bicyclic) bond motifs is 2. The molecule has 1 fully saturated rings. The summed E-state index contributed by atoms with van der Waals surface area (Å²) in [6, 6.07) is 18.2. The molecular formula is C28H27N3O4S2. The van der Waals surface area contributed by atoms with E-state index in [0.29, 0.717) is 12.1 Å². The number of aromatic nitrogens is 1. The van der Waals surface area contributed by atoms with Gasteiger partial charge in [-0.25, -0.2) is 8.42 Å². The molecule has 1 unspecified atom stereocenters. The van der Waals surface area contributed by atoms with Crippen LogP contribution in [-0.4, -0.2) is 54.8 Å². The molecule has 0 spiro atoms. The van der Waals surface area contributed by atoms with E-state index >= 15 is 0 Å². The number of nitrogens with zero attached hydrogens (tertiary/aromatic N) is 3. The molecule has 2 aromatic carbocycles. The number of hydrogen-bond donors (Lipinski definition) is 0. The number of rotatable bonds is 7. The highest BCUT2D eigenvalue weighted by Crippen LogP contribution is 2.39. The molecule has 1 saturated carbocycles. The van der Waals surface area contributed by atoms with Crippen LogP contribution in [-0.2, 0) is 21.2 Å². The van der Waals surface area contributed by atoms with E-state index in [1.54, 1.807) is 42.8 Å². The molecule has 0 N–H and O–H groups in total. The SMILES string of the molecule is COc1ccc(C2c3ccsc3CCN2C(=O)CN(C2CC2)S(=O)(=O)c2cccc3cccnc23)cc1. The molecule has 190 valence electrons. The summed E-state index contributed by atoms with van der Waals surface area (Å²) in [5, 5.41) is 2.81. The highest BCUT2D eigenvalue weighted by molar-refractivity contribution is 7.89. The lowest BCUT2D eigenvalue weighted by Gasteiger charge is -2.37. The predicted molar refractivity (Wildman–Crippen MR) is 143 cm³/mol. The lowest BCUT2D eigenvalue weighted by atomic mass is 9.93. The first-order valence-corrected chi connectivity index (χ1v) is 14.6. The van der Waals surface area contributed by atoms with Gasteiger partial charge in [-0.05, 0) is 66.1 Å². The van der Waals surface area contributed by atoms with Gasteiger partial charge in [0.05, 0.1) is 25.2 Å². The largest absolute Gasteiger partial charge is 0.497 e. The van der Waals surface area contributed by atoms with E-state index in [0.717, 1.165) is 41.5 Å². The van der Waals surface area contributed by atoms with Crippen molar-refractivity contribution in [3.63, 3.8) is 0 Å². The van der Waals surface area contributed by atoms with E-state index in [2.05, 4.69) is 16.4 Å². The molecule has 2 aromatic heterocycles. The monoisotopic (exact) mass is 533 g/mol. The fourth-order valence-corrected chi connectivity index (χ4v) is 7.84. The van der Waals surface area contributed by atoms with Gasteiger partial charge in [0.1, 0.15) is 10.6 Å². The van der Waals surface area contributed by atoms with Crippen LogP contribution in [0.4, 0.5) is 0 Å². The lowest BCUT2D eigenvalue weighted by molar-refractivity contribution is -0.133. The molecule has 7 nitrogen and oxygen atoms in total. The van der Waals surface area contributed by atoms with Gasteiger partial charge in [0, 0.05) is 29.0 Å². The lowest BCUT2D eigenvalue weighted by Crippen LogP contribution is -2.47. The third-order valence-electron chi connectivity index (χ3n) is 7.15. The molecule has 1 atom stereocenters. The van der Waals surface area contributed by atoms with Crippen molar-refractivity contribution in [1.29, 1.82) is 0 Å². The molecule has 1 amide bonds. The van der Waals surface area contributed by atoms with E-state index in [1.165, 1.54) is 9.18 Å². The van der Waals surface area contributed by atoms with Crippen LogP contribution in [0.25, 0.3) is 10.9 Å². The summed E-state index contributed by atoms with van der Waals surface area (Å²) < 4.78 is 34.6. The van der Waals surface area contributed by atoms with Crippen LogP contribution in [0.5, 0.6) is 5.75 Å². The van der Waals surface area contributed by atoms with Crippen LogP contribution in [0.3, 0.4) is 0 Å². The second-order valence-corrected chi connectivity index (χ2v) is 12.3. The van der Waals surface area contributed by atoms with Crippen LogP contribution in [0, 0.1) is 0 Å². The van der Waals surface area contributed by atoms with Gasteiger partial charge in [-0.2, -0.15) is 4.31 Å². The molecule has 0 radical (unpaired) electrons. The van der Waals surface area contributed by atoms with Crippen molar-refractivity contribution in [2.24, 2.45) is 0 Å². The Balaban J connectivity index is 1.34. The Kier molecular flexibility index (Phi) is 6.22. The first-order chi connectivity index (χ1) is 18.0. The van der Waals surface area contributed by atoms with Crippen molar-refractivity contribution in [1.82, 2.24) is 14.2 Å². The van der Waals surface area contributed by atoms with Gasteiger partial charge in [-0.1, -0.05) is 30.3 Å². The van der Waals surface area contributed by atoms with Gasteiger partial charge in [-0.15, -0.1) is 11.3 Å². The molecule has 37 heavy (non-hydrogen) atoms. The topological polar surface area (TPSA) is 79.8 Å². The van der Waals surface area contributed by atoms with Gasteiger partial charge in [0.2, 0.25) is 15.9 Å². The number of amides is 1. The number of sulfonamides is 1. The van der Waals surface area contributed by atoms with E-state index in [-0.39, 0.29) is 29.4 Å². The standard InChI is InChI=1S/C28H27N3O4S2/c1-35-22-11-7-20(8-12-22)28-23-14-17-36-24(23)13-16-30(28)26(32)18-31(21-9-10-21)37(33,34)25-6-2-4-19-5-3-15-29-27(19)25/h2-8,11-12,14-15,17,21,28H,9-10,13,16,18H2,1H3. The van der Waals surface area contributed by atoms with Crippen molar-refractivity contribution in [2.45, 2.75) is 36.2 Å². The number of thiophene rings is 1. The van der Waals surface area contributed by atoms with Gasteiger partial charge in [-0.3, -0.25) is 9.78 Å². The molecule has 2 aliphatic rings. The highest BCUT2D eigenvalue weighted by Gasteiger charge is 2.42. The zero-order chi connectivity index (χ0) is 25.6. The summed E-state index contributed by atoms with van der Waals surface area (Å²) in [4.78, 5) is 21.5. The Bertz CT molecular complexity index is 1560. The summed E-state index contributed by atoms with van der Waals surface area (Å²) in [6.45, 7) is 0.347. The number of ether oxygens (including phenoxy) is 1. The maximum Gasteiger partial charge on any atom is 0.245 e. The quantitative estimate of drug-likeness (QED) is 0.346. The van der Waals surface area contributed by atoms with E-state index in [9.17, 15) is 13.2 Å². The second kappa shape index (κ2) is 9.55. The average Bonchev–Trinajstić information content (AvgIpc) is 3.65. The summed E-state index contributed by atoms with van der Waals surface area (Å²) in [7, 11) is -2.30. The summed E-state index contributed by atoms with van der Waals surface area (Å²) in [5.74, 6) is 0.555. The number of pyridine rings is 1. The van der Waals surface area contributed by atoms with Gasteiger partial charge >= 0.3 is 0 Å². The van der Waals surface area contributed by atoms with E-state index < -0.39 is 10.0 Å². The minimum absolute atomic E-state index is 0.149. The van der Waals surface area contributed by atoms with E-state index in [1.807, 2.05) is 41.3 Å². The molecular weight excluding hydrogens is 506 g/mol. The Labute approximate surface area is 220 Å². The Morgan fingerprint density at radius 1 is 1.11 bits per heavy atom. The number of methoxy groups -OCH3 is 1. The van der Waals surface area contributed by atoms with Gasteiger partial charge < -0.3 is 9.64 Å². The number of carbonyl (C=O) groups is 1. The van der Waals surface area contributed by atoms with Crippen molar-refractivity contribution in [2.75, 3.05) is 20.2 Å². The molecule has 9 heteroatoms. The van der Waals surface area contributed by atoms with Crippen LogP contribution in [0.1, 0.15) is 34.9 Å². The molecule has 1 aliphatic heterocycles. The molecule has 6 rings (SSSR count). The number of benzene rings is 2. The maximum absolute atomic E-state index is 13.9. The number of carbonyl (C=O) groups excluding carboxylic acids is 1. The number of para-hydroxylation sites is 1. The Morgan fingerprint density at radius 2 is 1.89 bits per heavy atom. The zero-order valence-corrected chi connectivity index (χ0v) is 22.0. The van der Waals surface area contributed by atoms with Crippen LogP contribution in [0.15, 0.2) is 77.1 Å². The first-order valence-electron chi connectivity index (χ1n) is 12.3.